The second kappa shape index (κ2) is 12.2. The normalized spacial score (nSPS) is 22.6. The third-order valence-electron chi connectivity index (χ3n) is 7.10. The highest BCUT2D eigenvalue weighted by atomic mass is 15.2. The van der Waals surface area contributed by atoms with Gasteiger partial charge >= 0.3 is 0 Å². The Kier molecular flexibility index (Phi) is 10.2. The summed E-state index contributed by atoms with van der Waals surface area (Å²) in [6.07, 6.45) is 8.04. The van der Waals surface area contributed by atoms with E-state index in [9.17, 15) is 0 Å². The zero-order chi connectivity index (χ0) is 23.2. The molecular formula is C31H50N2. The Morgan fingerprint density at radius 3 is 1.18 bits per heavy atom. The van der Waals surface area contributed by atoms with E-state index in [1.54, 1.807) is 0 Å². The highest BCUT2D eigenvalue weighted by molar-refractivity contribution is 5.21. The van der Waals surface area contributed by atoms with Crippen molar-refractivity contribution in [1.29, 1.82) is 0 Å². The van der Waals surface area contributed by atoms with E-state index in [2.05, 4.69) is 112 Å². The number of rotatable bonds is 2. The van der Waals surface area contributed by atoms with E-state index < -0.39 is 0 Å². The summed E-state index contributed by atoms with van der Waals surface area (Å²) in [7, 11) is 0. The predicted molar refractivity (Wildman–Crippen MR) is 146 cm³/mol. The lowest BCUT2D eigenvalue weighted by molar-refractivity contribution is 0.0508. The van der Waals surface area contributed by atoms with Crippen molar-refractivity contribution in [3.63, 3.8) is 0 Å². The minimum atomic E-state index is 0. The Morgan fingerprint density at radius 1 is 0.545 bits per heavy atom. The molecular weight excluding hydrogens is 400 g/mol. The first-order valence-electron chi connectivity index (χ1n) is 12.8. The van der Waals surface area contributed by atoms with Crippen LogP contribution in [-0.2, 0) is 0 Å². The number of nitrogens with zero attached hydrogens (tertiary/aromatic N) is 2. The molecule has 0 aliphatic carbocycles. The maximum atomic E-state index is 2.66. The molecule has 0 bridgehead atoms. The summed E-state index contributed by atoms with van der Waals surface area (Å²) < 4.78 is 0. The minimum Gasteiger partial charge on any atom is -0.291 e. The van der Waals surface area contributed by atoms with Gasteiger partial charge in [0.05, 0.1) is 0 Å². The Balaban J connectivity index is 0.000000227. The van der Waals surface area contributed by atoms with Crippen LogP contribution in [0, 0.1) is 0 Å². The predicted octanol–water partition coefficient (Wildman–Crippen LogP) is 8.66. The zero-order valence-electron chi connectivity index (χ0n) is 21.5. The Hall–Kier alpha value is -1.64. The van der Waals surface area contributed by atoms with Gasteiger partial charge in [0.25, 0.3) is 0 Å². The van der Waals surface area contributed by atoms with Gasteiger partial charge in [0, 0.05) is 23.2 Å². The molecule has 0 unspecified atom stereocenters. The van der Waals surface area contributed by atoms with Gasteiger partial charge in [-0.15, -0.1) is 0 Å². The molecule has 0 amide bonds. The van der Waals surface area contributed by atoms with Crippen LogP contribution in [0.5, 0.6) is 0 Å². The fourth-order valence-corrected chi connectivity index (χ4v) is 5.51. The quantitative estimate of drug-likeness (QED) is 0.451. The molecule has 2 heterocycles. The number of hydrogen-bond donors (Lipinski definition) is 0. The van der Waals surface area contributed by atoms with Gasteiger partial charge in [0.15, 0.2) is 0 Å². The van der Waals surface area contributed by atoms with Crippen LogP contribution < -0.4 is 0 Å². The van der Waals surface area contributed by atoms with Crippen LogP contribution in [0.25, 0.3) is 0 Å². The summed E-state index contributed by atoms with van der Waals surface area (Å²) in [6.45, 7) is 16.4. The van der Waals surface area contributed by atoms with Crippen molar-refractivity contribution in [1.82, 2.24) is 9.80 Å². The van der Waals surface area contributed by atoms with Gasteiger partial charge in [-0.25, -0.2) is 0 Å². The third-order valence-corrected chi connectivity index (χ3v) is 7.10. The number of likely N-dealkylation sites (tertiary alicyclic amines) is 2. The molecule has 0 spiro atoms. The molecule has 2 nitrogen and oxygen atoms in total. The lowest BCUT2D eigenvalue weighted by Crippen LogP contribution is -2.46. The van der Waals surface area contributed by atoms with Crippen LogP contribution in [0.1, 0.15) is 111 Å². The van der Waals surface area contributed by atoms with Gasteiger partial charge in [0.1, 0.15) is 0 Å². The van der Waals surface area contributed by atoms with E-state index in [0.29, 0.717) is 12.1 Å². The fourth-order valence-electron chi connectivity index (χ4n) is 5.51. The Morgan fingerprint density at radius 2 is 0.879 bits per heavy atom. The first kappa shape index (κ1) is 27.6. The molecule has 2 saturated heterocycles. The minimum absolute atomic E-state index is 0. The molecule has 2 aliphatic heterocycles. The van der Waals surface area contributed by atoms with Crippen LogP contribution in [0.3, 0.4) is 0 Å². The largest absolute Gasteiger partial charge is 0.291 e. The molecule has 184 valence electrons. The molecule has 0 saturated carbocycles. The van der Waals surface area contributed by atoms with Gasteiger partial charge in [-0.1, -0.05) is 80.9 Å². The summed E-state index contributed by atoms with van der Waals surface area (Å²) in [6, 6.07) is 23.2. The van der Waals surface area contributed by atoms with E-state index in [0.717, 1.165) is 0 Å². The molecule has 33 heavy (non-hydrogen) atoms. The first-order chi connectivity index (χ1) is 15.2. The second-order valence-electron chi connectivity index (χ2n) is 11.6. The standard InChI is InChI=1S/2C15H23N.CH4/c2*1-15(2,3)16-12-8-7-11-14(16)13-9-5-4-6-10-13;/h2*4-6,9-10,14H,7-8,11-12H2,1-3H3;1H4/t2*14-;/m11./s1. The van der Waals surface area contributed by atoms with Crippen LogP contribution >= 0.6 is 0 Å². The van der Waals surface area contributed by atoms with Crippen LogP contribution in [0.2, 0.25) is 0 Å². The van der Waals surface area contributed by atoms with Crippen LogP contribution in [0.4, 0.5) is 0 Å². The first-order valence-corrected chi connectivity index (χ1v) is 12.8. The molecule has 2 atom stereocenters. The smallest absolute Gasteiger partial charge is 0.0353 e. The van der Waals surface area contributed by atoms with Crippen LogP contribution in [0.15, 0.2) is 60.7 Å². The second-order valence-corrected chi connectivity index (χ2v) is 11.6. The molecule has 0 N–H and O–H groups in total. The van der Waals surface area contributed by atoms with Gasteiger partial charge < -0.3 is 0 Å². The van der Waals surface area contributed by atoms with Gasteiger partial charge in [-0.3, -0.25) is 9.80 Å². The molecule has 2 fully saturated rings. The fraction of sp³-hybridized carbons (Fsp3) is 0.613. The van der Waals surface area contributed by atoms with E-state index in [1.165, 1.54) is 62.7 Å². The highest BCUT2D eigenvalue weighted by Crippen LogP contribution is 2.36. The average Bonchev–Trinajstić information content (AvgIpc) is 2.80. The third kappa shape index (κ3) is 7.69. The van der Waals surface area contributed by atoms with Crippen molar-refractivity contribution >= 4 is 0 Å². The Labute approximate surface area is 205 Å². The van der Waals surface area contributed by atoms with Crippen molar-refractivity contribution in [3.05, 3.63) is 71.8 Å². The summed E-state index contributed by atoms with van der Waals surface area (Å²) >= 11 is 0. The van der Waals surface area contributed by atoms with Crippen molar-refractivity contribution in [2.75, 3.05) is 13.1 Å². The van der Waals surface area contributed by atoms with Gasteiger partial charge in [-0.05, 0) is 91.4 Å². The molecule has 2 heteroatoms. The Bertz CT molecular complexity index is 716. The summed E-state index contributed by atoms with van der Waals surface area (Å²) in [5.41, 5.74) is 3.52. The van der Waals surface area contributed by atoms with E-state index in [4.69, 9.17) is 0 Å². The maximum Gasteiger partial charge on any atom is 0.0353 e. The zero-order valence-corrected chi connectivity index (χ0v) is 21.5. The molecule has 4 rings (SSSR count). The highest BCUT2D eigenvalue weighted by Gasteiger charge is 2.32. The molecule has 2 aromatic rings. The summed E-state index contributed by atoms with van der Waals surface area (Å²) in [4.78, 5) is 5.32. The van der Waals surface area contributed by atoms with E-state index in [1.807, 2.05) is 0 Å². The van der Waals surface area contributed by atoms with E-state index >= 15 is 0 Å². The molecule has 0 radical (unpaired) electrons. The maximum absolute atomic E-state index is 2.66. The summed E-state index contributed by atoms with van der Waals surface area (Å²) in [5, 5.41) is 0. The van der Waals surface area contributed by atoms with Crippen LogP contribution in [-0.4, -0.2) is 34.0 Å². The van der Waals surface area contributed by atoms with Crippen molar-refractivity contribution in [2.24, 2.45) is 0 Å². The number of benzene rings is 2. The lowest BCUT2D eigenvalue weighted by Gasteiger charge is -2.45. The topological polar surface area (TPSA) is 6.48 Å². The average molecular weight is 451 g/mol. The van der Waals surface area contributed by atoms with E-state index in [-0.39, 0.29) is 18.5 Å². The molecule has 0 aromatic heterocycles. The summed E-state index contributed by atoms with van der Waals surface area (Å²) in [5.74, 6) is 0. The number of piperidine rings is 2. The van der Waals surface area contributed by atoms with Crippen molar-refractivity contribution in [3.8, 4) is 0 Å². The number of hydrogen-bond acceptors (Lipinski definition) is 2. The lowest BCUT2D eigenvalue weighted by atomic mass is 9.90. The molecule has 2 aromatic carbocycles. The van der Waals surface area contributed by atoms with Crippen molar-refractivity contribution in [2.45, 2.75) is 111 Å². The molecule has 2 aliphatic rings. The van der Waals surface area contributed by atoms with Gasteiger partial charge in [-0.2, -0.15) is 0 Å². The van der Waals surface area contributed by atoms with Crippen molar-refractivity contribution < 1.29 is 0 Å². The van der Waals surface area contributed by atoms with Gasteiger partial charge in [0.2, 0.25) is 0 Å². The monoisotopic (exact) mass is 450 g/mol. The SMILES string of the molecule is C.CC(C)(C)N1CCCC[C@@H]1c1ccccc1.CC(C)(C)N1CCCC[C@@H]1c1ccccc1.